The van der Waals surface area contributed by atoms with E-state index in [1.807, 2.05) is 47.8 Å². The number of amides is 1. The number of carbonyl (C=O) groups is 1. The lowest BCUT2D eigenvalue weighted by Crippen LogP contribution is -2.29. The molecule has 1 amide bonds. The molecule has 2 aromatic carbocycles. The van der Waals surface area contributed by atoms with Gasteiger partial charge in [-0.1, -0.05) is 36.4 Å². The van der Waals surface area contributed by atoms with E-state index in [2.05, 4.69) is 5.32 Å². The van der Waals surface area contributed by atoms with E-state index in [1.165, 1.54) is 12.1 Å². The second-order valence-electron chi connectivity index (χ2n) is 5.48. The van der Waals surface area contributed by atoms with Gasteiger partial charge in [-0.3, -0.25) is 4.79 Å². The predicted octanol–water partition coefficient (Wildman–Crippen LogP) is 4.56. The highest BCUT2D eigenvalue weighted by molar-refractivity contribution is 7.10. The lowest BCUT2D eigenvalue weighted by atomic mass is 10.1. The fraction of sp³-hybridized carbons (Fsp3) is 0.150. The van der Waals surface area contributed by atoms with Crippen LogP contribution in [0.25, 0.3) is 0 Å². The molecule has 5 heteroatoms. The zero-order valence-electron chi connectivity index (χ0n) is 13.5. The smallest absolute Gasteiger partial charge is 0.224 e. The monoisotopic (exact) mass is 355 g/mol. The molecule has 3 aromatic rings. The summed E-state index contributed by atoms with van der Waals surface area (Å²) < 4.78 is 18.7. The van der Waals surface area contributed by atoms with Crippen LogP contribution >= 0.6 is 11.3 Å². The number of para-hydroxylation sites is 1. The summed E-state index contributed by atoms with van der Waals surface area (Å²) in [5.41, 5.74) is 0.848. The minimum absolute atomic E-state index is 0.112. The summed E-state index contributed by atoms with van der Waals surface area (Å²) in [6.45, 7) is 0.302. The molecule has 128 valence electrons. The molecule has 1 atom stereocenters. The van der Waals surface area contributed by atoms with Gasteiger partial charge in [0.05, 0.1) is 19.1 Å². The first-order valence-corrected chi connectivity index (χ1v) is 8.86. The van der Waals surface area contributed by atoms with Crippen LogP contribution in [0.4, 0.5) is 4.39 Å². The van der Waals surface area contributed by atoms with Gasteiger partial charge < -0.3 is 10.1 Å². The van der Waals surface area contributed by atoms with Gasteiger partial charge in [-0.25, -0.2) is 4.39 Å². The van der Waals surface area contributed by atoms with Crippen molar-refractivity contribution in [1.82, 2.24) is 5.32 Å². The number of rotatable bonds is 7. The molecule has 1 heterocycles. The van der Waals surface area contributed by atoms with E-state index in [9.17, 15) is 9.18 Å². The zero-order valence-corrected chi connectivity index (χ0v) is 14.3. The van der Waals surface area contributed by atoms with E-state index in [-0.39, 0.29) is 24.2 Å². The van der Waals surface area contributed by atoms with E-state index in [1.54, 1.807) is 23.5 Å². The van der Waals surface area contributed by atoms with Crippen molar-refractivity contribution in [3.63, 3.8) is 0 Å². The molecule has 0 saturated carbocycles. The van der Waals surface area contributed by atoms with Gasteiger partial charge in [0.1, 0.15) is 11.6 Å². The molecule has 0 saturated heterocycles. The molecule has 0 radical (unpaired) electrons. The SMILES string of the molecule is O=C(CCOc1ccccc1)NC(c1ccc(F)cc1)c1cccs1. The summed E-state index contributed by atoms with van der Waals surface area (Å²) in [4.78, 5) is 13.3. The number of thiophene rings is 1. The van der Waals surface area contributed by atoms with Crippen molar-refractivity contribution in [3.8, 4) is 5.75 Å². The van der Waals surface area contributed by atoms with Gasteiger partial charge in [0.15, 0.2) is 0 Å². The van der Waals surface area contributed by atoms with Crippen molar-refractivity contribution < 1.29 is 13.9 Å². The minimum atomic E-state index is -0.295. The van der Waals surface area contributed by atoms with Gasteiger partial charge in [-0.15, -0.1) is 11.3 Å². The maximum absolute atomic E-state index is 13.2. The van der Waals surface area contributed by atoms with Crippen LogP contribution in [-0.4, -0.2) is 12.5 Å². The molecule has 0 aliphatic rings. The van der Waals surface area contributed by atoms with Crippen LogP contribution < -0.4 is 10.1 Å². The first-order chi connectivity index (χ1) is 12.2. The Labute approximate surface area is 150 Å². The van der Waals surface area contributed by atoms with E-state index >= 15 is 0 Å². The quantitative estimate of drug-likeness (QED) is 0.675. The van der Waals surface area contributed by atoms with Gasteiger partial charge in [0, 0.05) is 4.88 Å². The summed E-state index contributed by atoms with van der Waals surface area (Å²) in [5.74, 6) is 0.332. The first-order valence-electron chi connectivity index (χ1n) is 7.98. The molecule has 3 rings (SSSR count). The highest BCUT2D eigenvalue weighted by Crippen LogP contribution is 2.26. The molecular weight excluding hydrogens is 337 g/mol. The molecule has 1 N–H and O–H groups in total. The number of halogens is 1. The fourth-order valence-electron chi connectivity index (χ4n) is 2.44. The van der Waals surface area contributed by atoms with Crippen molar-refractivity contribution >= 4 is 17.2 Å². The maximum Gasteiger partial charge on any atom is 0.224 e. The molecule has 25 heavy (non-hydrogen) atoms. The highest BCUT2D eigenvalue weighted by Gasteiger charge is 2.18. The Kier molecular flexibility index (Phi) is 5.80. The molecule has 0 aliphatic carbocycles. The molecule has 0 fully saturated rings. The average molecular weight is 355 g/mol. The Balaban J connectivity index is 1.62. The summed E-state index contributed by atoms with van der Waals surface area (Å²) >= 11 is 1.55. The van der Waals surface area contributed by atoms with Crippen LogP contribution in [0.5, 0.6) is 5.75 Å². The first kappa shape index (κ1) is 17.2. The Morgan fingerprint density at radius 3 is 2.48 bits per heavy atom. The number of nitrogens with one attached hydrogen (secondary N) is 1. The zero-order chi connectivity index (χ0) is 17.5. The normalized spacial score (nSPS) is 11.7. The van der Waals surface area contributed by atoms with Gasteiger partial charge in [-0.05, 0) is 41.3 Å². The minimum Gasteiger partial charge on any atom is -0.493 e. The van der Waals surface area contributed by atoms with Gasteiger partial charge in [-0.2, -0.15) is 0 Å². The Morgan fingerprint density at radius 2 is 1.80 bits per heavy atom. The molecule has 0 spiro atoms. The third kappa shape index (κ3) is 4.90. The number of ether oxygens (including phenoxy) is 1. The Morgan fingerprint density at radius 1 is 1.04 bits per heavy atom. The van der Waals surface area contributed by atoms with Crippen molar-refractivity contribution in [3.05, 3.63) is 88.4 Å². The average Bonchev–Trinajstić information content (AvgIpc) is 3.16. The largest absolute Gasteiger partial charge is 0.493 e. The lowest BCUT2D eigenvalue weighted by molar-refractivity contribution is -0.122. The molecule has 0 bridgehead atoms. The van der Waals surface area contributed by atoms with Crippen molar-refractivity contribution in [2.45, 2.75) is 12.5 Å². The number of carbonyl (C=O) groups excluding carboxylic acids is 1. The van der Waals surface area contributed by atoms with Crippen LogP contribution in [0.1, 0.15) is 22.9 Å². The van der Waals surface area contributed by atoms with Crippen LogP contribution in [0.15, 0.2) is 72.1 Å². The number of benzene rings is 2. The topological polar surface area (TPSA) is 38.3 Å². The predicted molar refractivity (Wildman–Crippen MR) is 97.3 cm³/mol. The second-order valence-corrected chi connectivity index (χ2v) is 6.46. The molecule has 1 aromatic heterocycles. The van der Waals surface area contributed by atoms with Crippen molar-refractivity contribution in [2.75, 3.05) is 6.61 Å². The van der Waals surface area contributed by atoms with Gasteiger partial charge in [0.25, 0.3) is 0 Å². The van der Waals surface area contributed by atoms with Gasteiger partial charge in [0.2, 0.25) is 5.91 Å². The van der Waals surface area contributed by atoms with E-state index in [0.717, 1.165) is 16.2 Å². The Hall–Kier alpha value is -2.66. The molecule has 0 aliphatic heterocycles. The number of hydrogen-bond acceptors (Lipinski definition) is 3. The van der Waals surface area contributed by atoms with E-state index < -0.39 is 0 Å². The van der Waals surface area contributed by atoms with Crippen LogP contribution in [0.2, 0.25) is 0 Å². The van der Waals surface area contributed by atoms with Gasteiger partial charge >= 0.3 is 0 Å². The number of hydrogen-bond donors (Lipinski definition) is 1. The van der Waals surface area contributed by atoms with Crippen LogP contribution in [0, 0.1) is 5.82 Å². The lowest BCUT2D eigenvalue weighted by Gasteiger charge is -2.18. The highest BCUT2D eigenvalue weighted by atomic mass is 32.1. The molecule has 3 nitrogen and oxygen atoms in total. The standard InChI is InChI=1S/C20H18FNO2S/c21-16-10-8-15(9-11-16)20(18-7-4-14-25-18)22-19(23)12-13-24-17-5-2-1-3-6-17/h1-11,14,20H,12-13H2,(H,22,23). The van der Waals surface area contributed by atoms with E-state index in [0.29, 0.717) is 6.61 Å². The molecule has 1 unspecified atom stereocenters. The summed E-state index contributed by atoms with van der Waals surface area (Å²) in [6, 6.07) is 19.2. The Bertz CT molecular complexity index is 788. The van der Waals surface area contributed by atoms with Crippen molar-refractivity contribution in [2.24, 2.45) is 0 Å². The summed E-state index contributed by atoms with van der Waals surface area (Å²) in [5, 5.41) is 4.97. The summed E-state index contributed by atoms with van der Waals surface area (Å²) in [6.07, 6.45) is 0.248. The van der Waals surface area contributed by atoms with E-state index in [4.69, 9.17) is 4.74 Å². The fourth-order valence-corrected chi connectivity index (χ4v) is 3.24. The third-order valence-electron chi connectivity index (χ3n) is 3.68. The van der Waals surface area contributed by atoms with Crippen molar-refractivity contribution in [1.29, 1.82) is 0 Å². The van der Waals surface area contributed by atoms with Crippen LogP contribution in [0.3, 0.4) is 0 Å². The molecular formula is C20H18FNO2S. The third-order valence-corrected chi connectivity index (χ3v) is 4.61. The second kappa shape index (κ2) is 8.44. The van der Waals surface area contributed by atoms with Crippen LogP contribution in [-0.2, 0) is 4.79 Å². The summed E-state index contributed by atoms with van der Waals surface area (Å²) in [7, 11) is 0. The maximum atomic E-state index is 13.2.